The smallest absolute Gasteiger partial charge is 0.409 e. The van der Waals surface area contributed by atoms with Crippen molar-refractivity contribution in [3.8, 4) is 0 Å². The Labute approximate surface area is 263 Å². The molecule has 246 valence electrons. The van der Waals surface area contributed by atoms with Gasteiger partial charge in [0, 0.05) is 13.6 Å². The highest BCUT2D eigenvalue weighted by Crippen LogP contribution is 2.27. The lowest BCUT2D eigenvalue weighted by Gasteiger charge is -2.29. The molecule has 0 N–H and O–H groups in total. The summed E-state index contributed by atoms with van der Waals surface area (Å²) in [6.45, 7) is 8.49. The Balaban J connectivity index is 5.28. The van der Waals surface area contributed by atoms with Crippen LogP contribution in [0.3, 0.4) is 0 Å². The Morgan fingerprint density at radius 1 is 0.548 bits per heavy atom. The molecule has 0 spiro atoms. The van der Waals surface area contributed by atoms with Crippen LogP contribution in [0.1, 0.15) is 156 Å². The molecule has 0 aliphatic rings. The summed E-state index contributed by atoms with van der Waals surface area (Å²) >= 11 is 0. The van der Waals surface area contributed by atoms with Gasteiger partial charge >= 0.3 is 6.09 Å². The molecule has 0 aromatic rings. The van der Waals surface area contributed by atoms with Gasteiger partial charge in [-0.05, 0) is 123 Å². The molecule has 0 heterocycles. The van der Waals surface area contributed by atoms with E-state index in [0.29, 0.717) is 5.92 Å². The van der Waals surface area contributed by atoms with Crippen LogP contribution in [0.25, 0.3) is 0 Å². The molecule has 0 radical (unpaired) electrons. The summed E-state index contributed by atoms with van der Waals surface area (Å²) in [5.41, 5.74) is 0. The van der Waals surface area contributed by atoms with Crippen molar-refractivity contribution in [3.05, 3.63) is 36.5 Å². The lowest BCUT2D eigenvalue weighted by atomic mass is 9.88. The second-order valence-electron chi connectivity index (χ2n) is 12.6. The van der Waals surface area contributed by atoms with Gasteiger partial charge in [-0.2, -0.15) is 0 Å². The summed E-state index contributed by atoms with van der Waals surface area (Å²) in [5, 5.41) is 0. The van der Waals surface area contributed by atoms with E-state index in [0.717, 1.165) is 64.5 Å². The second-order valence-corrected chi connectivity index (χ2v) is 12.6. The van der Waals surface area contributed by atoms with Crippen LogP contribution in [0.2, 0.25) is 0 Å². The van der Waals surface area contributed by atoms with Gasteiger partial charge in [0.15, 0.2) is 0 Å². The van der Waals surface area contributed by atoms with Crippen molar-refractivity contribution in [2.45, 2.75) is 162 Å². The van der Waals surface area contributed by atoms with Crippen LogP contribution >= 0.6 is 0 Å². The fourth-order valence-corrected chi connectivity index (χ4v) is 5.34. The van der Waals surface area contributed by atoms with Crippen LogP contribution in [0.5, 0.6) is 0 Å². The number of carbonyl (C=O) groups is 1. The maximum Gasteiger partial charge on any atom is 0.409 e. The lowest BCUT2D eigenvalue weighted by Crippen LogP contribution is -2.36. The van der Waals surface area contributed by atoms with Gasteiger partial charge in [-0.15, -0.1) is 0 Å². The molecule has 0 aromatic heterocycles. The molecule has 0 fully saturated rings. The van der Waals surface area contributed by atoms with Gasteiger partial charge in [-0.25, -0.2) is 4.79 Å². The molecule has 0 bridgehead atoms. The number of allylic oxidation sites excluding steroid dienone is 6. The molecule has 0 saturated carbocycles. The highest BCUT2D eigenvalue weighted by atomic mass is 16.6. The average molecular weight is 589 g/mol. The van der Waals surface area contributed by atoms with E-state index in [-0.39, 0.29) is 12.2 Å². The third-order valence-corrected chi connectivity index (χ3v) is 8.12. The summed E-state index contributed by atoms with van der Waals surface area (Å²) < 4.78 is 6.33. The topological polar surface area (TPSA) is 32.8 Å². The highest BCUT2D eigenvalue weighted by Gasteiger charge is 2.25. The summed E-state index contributed by atoms with van der Waals surface area (Å²) in [5.74, 6) is 0.416. The number of carbonyl (C=O) groups excluding carboxylic acids is 1. The van der Waals surface area contributed by atoms with Crippen molar-refractivity contribution in [3.63, 3.8) is 0 Å². The van der Waals surface area contributed by atoms with Gasteiger partial charge in [0.2, 0.25) is 0 Å². The van der Waals surface area contributed by atoms with Crippen LogP contribution in [0.15, 0.2) is 36.5 Å². The minimum absolute atomic E-state index is 0.0174. The number of ether oxygens (including phenoxy) is 1. The van der Waals surface area contributed by atoms with Crippen molar-refractivity contribution in [1.29, 1.82) is 0 Å². The summed E-state index contributed by atoms with van der Waals surface area (Å²) in [7, 11) is 6.05. The minimum Gasteiger partial charge on any atom is -0.446 e. The van der Waals surface area contributed by atoms with Gasteiger partial charge in [0.05, 0.1) is 0 Å². The van der Waals surface area contributed by atoms with Crippen molar-refractivity contribution >= 4 is 6.09 Å². The Hall–Kier alpha value is -1.55. The molecule has 0 aromatic carbocycles. The first-order valence-electron chi connectivity index (χ1n) is 18.0. The predicted octanol–water partition coefficient (Wildman–Crippen LogP) is 11.5. The first-order valence-corrected chi connectivity index (χ1v) is 18.0. The summed E-state index contributed by atoms with van der Waals surface area (Å²) in [4.78, 5) is 17.1. The van der Waals surface area contributed by atoms with Gasteiger partial charge < -0.3 is 14.5 Å². The third kappa shape index (κ3) is 26.1. The Kier molecular flexibility index (Phi) is 29.8. The van der Waals surface area contributed by atoms with Crippen LogP contribution in [-0.2, 0) is 4.74 Å². The standard InChI is InChI=1S/C38H72N2O2/c1-7-10-13-16-19-22-24-27-31-36(32-28-25-23-20-17-14-11-8-2)37(33-29-26-21-18-15-12-9-3)42-38(41)40(6)35-30-34-39(4)5/h19-23,26,36-37H,7-18,24-25,27-35H2,1-6H3/b22-19-,23-20-,26-21-. The Morgan fingerprint density at radius 3 is 1.40 bits per heavy atom. The molecule has 0 rings (SSSR count). The van der Waals surface area contributed by atoms with Crippen LogP contribution in [0.4, 0.5) is 4.79 Å². The van der Waals surface area contributed by atoms with E-state index in [4.69, 9.17) is 4.74 Å². The van der Waals surface area contributed by atoms with Crippen LogP contribution in [0, 0.1) is 5.92 Å². The zero-order chi connectivity index (χ0) is 31.1. The van der Waals surface area contributed by atoms with Crippen molar-refractivity contribution in [2.24, 2.45) is 5.92 Å². The van der Waals surface area contributed by atoms with Gasteiger partial charge in [-0.3, -0.25) is 0 Å². The quantitative estimate of drug-likeness (QED) is 0.0643. The molecule has 0 saturated heterocycles. The molecule has 1 amide bonds. The van der Waals surface area contributed by atoms with Crippen molar-refractivity contribution in [2.75, 3.05) is 34.2 Å². The fraction of sp³-hybridized carbons (Fsp3) is 0.816. The number of unbranched alkanes of at least 4 members (excludes halogenated alkanes) is 11. The molecule has 4 nitrogen and oxygen atoms in total. The highest BCUT2D eigenvalue weighted by molar-refractivity contribution is 5.67. The predicted molar refractivity (Wildman–Crippen MR) is 186 cm³/mol. The van der Waals surface area contributed by atoms with Gasteiger partial charge in [0.1, 0.15) is 6.10 Å². The summed E-state index contributed by atoms with van der Waals surface area (Å²) in [6.07, 6.45) is 38.9. The van der Waals surface area contributed by atoms with Gasteiger partial charge in [0.25, 0.3) is 0 Å². The monoisotopic (exact) mass is 589 g/mol. The number of amides is 1. The number of rotatable bonds is 29. The van der Waals surface area contributed by atoms with E-state index in [2.05, 4.69) is 76.2 Å². The van der Waals surface area contributed by atoms with Crippen molar-refractivity contribution in [1.82, 2.24) is 9.80 Å². The zero-order valence-corrected chi connectivity index (χ0v) is 29.1. The molecule has 0 aliphatic carbocycles. The molecular weight excluding hydrogens is 516 g/mol. The molecular formula is C38H72N2O2. The molecule has 42 heavy (non-hydrogen) atoms. The summed E-state index contributed by atoms with van der Waals surface area (Å²) in [6, 6.07) is 0. The van der Waals surface area contributed by atoms with Crippen molar-refractivity contribution < 1.29 is 9.53 Å². The maximum absolute atomic E-state index is 13.2. The van der Waals surface area contributed by atoms with Gasteiger partial charge in [-0.1, -0.05) is 95.8 Å². The minimum atomic E-state index is -0.151. The van der Waals surface area contributed by atoms with E-state index in [1.165, 1.54) is 83.5 Å². The Bertz CT molecular complexity index is 644. The number of hydrogen-bond acceptors (Lipinski definition) is 3. The van der Waals surface area contributed by atoms with E-state index in [1.807, 2.05) is 7.05 Å². The van der Waals surface area contributed by atoms with E-state index in [1.54, 1.807) is 4.90 Å². The SMILES string of the molecule is CCCCC/C=C\CCCC(CCC/C=C\CCCCC)C(CC/C=C\CCCCC)OC(=O)N(C)CCCN(C)C. The molecule has 4 heteroatoms. The van der Waals surface area contributed by atoms with Crippen LogP contribution in [-0.4, -0.2) is 56.2 Å². The van der Waals surface area contributed by atoms with E-state index >= 15 is 0 Å². The van der Waals surface area contributed by atoms with Crippen LogP contribution < -0.4 is 0 Å². The molecule has 0 aliphatic heterocycles. The average Bonchev–Trinajstić information content (AvgIpc) is 2.97. The fourth-order valence-electron chi connectivity index (χ4n) is 5.34. The first-order chi connectivity index (χ1) is 20.5. The third-order valence-electron chi connectivity index (χ3n) is 8.12. The number of nitrogens with zero attached hydrogens (tertiary/aromatic N) is 2. The largest absolute Gasteiger partial charge is 0.446 e. The number of hydrogen-bond donors (Lipinski definition) is 0. The van der Waals surface area contributed by atoms with E-state index < -0.39 is 0 Å². The molecule has 1 atom stereocenters. The maximum atomic E-state index is 13.2. The second kappa shape index (κ2) is 30.9. The first kappa shape index (κ1) is 40.5. The Morgan fingerprint density at radius 2 is 0.976 bits per heavy atom. The lowest BCUT2D eigenvalue weighted by molar-refractivity contribution is 0.0288. The molecule has 1 unspecified atom stereocenters. The van der Waals surface area contributed by atoms with E-state index in [9.17, 15) is 4.79 Å². The zero-order valence-electron chi connectivity index (χ0n) is 29.1. The normalized spacial score (nSPS) is 13.0.